The molecule has 2 aromatic rings. The van der Waals surface area contributed by atoms with E-state index in [1.54, 1.807) is 57.4 Å². The summed E-state index contributed by atoms with van der Waals surface area (Å²) in [6.45, 7) is 3.25. The molecule has 2 amide bonds. The van der Waals surface area contributed by atoms with E-state index < -0.39 is 28.5 Å². The quantitative estimate of drug-likeness (QED) is 0.546. The maximum absolute atomic E-state index is 13.5. The van der Waals surface area contributed by atoms with E-state index in [0.717, 1.165) is 21.7 Å². The molecule has 0 saturated heterocycles. The molecule has 180 valence electrons. The molecule has 0 unspecified atom stereocenters. The van der Waals surface area contributed by atoms with Crippen LogP contribution in [0, 0.1) is 6.92 Å². The lowest BCUT2D eigenvalue weighted by atomic mass is 10.1. The lowest BCUT2D eigenvalue weighted by Gasteiger charge is -2.32. The van der Waals surface area contributed by atoms with Gasteiger partial charge in [-0.05, 0) is 48.7 Å². The molecule has 0 fully saturated rings. The van der Waals surface area contributed by atoms with Crippen molar-refractivity contribution in [2.45, 2.75) is 32.9 Å². The van der Waals surface area contributed by atoms with Gasteiger partial charge in [-0.25, -0.2) is 8.42 Å². The largest absolute Gasteiger partial charge is 0.497 e. The summed E-state index contributed by atoms with van der Waals surface area (Å²) in [4.78, 5) is 27.4. The Bertz CT molecular complexity index is 1090. The molecule has 33 heavy (non-hydrogen) atoms. The van der Waals surface area contributed by atoms with Gasteiger partial charge in [-0.3, -0.25) is 13.9 Å². The van der Waals surface area contributed by atoms with E-state index >= 15 is 0 Å². The standard InChI is InChI=1S/C23H30ClN3O5S/c1-6-21(23(29)25-3)26(14-17-8-11-19(32-4)12-9-17)22(28)15-27(33(5,30)31)18-10-7-16(2)20(24)13-18/h7-13,21H,6,14-15H2,1-5H3,(H,25,29)/t21-/m0/s1. The van der Waals surface area contributed by atoms with Crippen molar-refractivity contribution in [3.05, 3.63) is 58.6 Å². The van der Waals surface area contributed by atoms with Crippen molar-refractivity contribution in [3.63, 3.8) is 0 Å². The lowest BCUT2D eigenvalue weighted by Crippen LogP contribution is -2.51. The molecule has 8 nitrogen and oxygen atoms in total. The number of ether oxygens (including phenoxy) is 1. The van der Waals surface area contributed by atoms with Gasteiger partial charge in [0.25, 0.3) is 0 Å². The molecule has 1 N–H and O–H groups in total. The van der Waals surface area contributed by atoms with Gasteiger partial charge in [-0.15, -0.1) is 0 Å². The average Bonchev–Trinajstić information content (AvgIpc) is 2.78. The van der Waals surface area contributed by atoms with Crippen LogP contribution in [-0.2, 0) is 26.2 Å². The molecule has 0 aliphatic rings. The summed E-state index contributed by atoms with van der Waals surface area (Å²) >= 11 is 6.19. The number of amides is 2. The Hall–Kier alpha value is -2.78. The molecule has 0 aliphatic heterocycles. The van der Waals surface area contributed by atoms with E-state index in [9.17, 15) is 18.0 Å². The zero-order valence-corrected chi connectivity index (χ0v) is 21.0. The van der Waals surface area contributed by atoms with Crippen molar-refractivity contribution in [3.8, 4) is 5.75 Å². The maximum Gasteiger partial charge on any atom is 0.244 e. The number of nitrogens with zero attached hydrogens (tertiary/aromatic N) is 2. The van der Waals surface area contributed by atoms with Gasteiger partial charge < -0.3 is 15.0 Å². The summed E-state index contributed by atoms with van der Waals surface area (Å²) in [5.74, 6) is -0.179. The van der Waals surface area contributed by atoms with Gasteiger partial charge >= 0.3 is 0 Å². The van der Waals surface area contributed by atoms with Gasteiger partial charge in [0.2, 0.25) is 21.8 Å². The Morgan fingerprint density at radius 2 is 1.79 bits per heavy atom. The monoisotopic (exact) mass is 495 g/mol. The van der Waals surface area contributed by atoms with E-state index in [1.165, 1.54) is 18.0 Å². The summed E-state index contributed by atoms with van der Waals surface area (Å²) < 4.78 is 31.3. The van der Waals surface area contributed by atoms with Gasteiger partial charge in [0.15, 0.2) is 0 Å². The minimum Gasteiger partial charge on any atom is -0.497 e. The molecular weight excluding hydrogens is 466 g/mol. The fraction of sp³-hybridized carbons (Fsp3) is 0.391. The van der Waals surface area contributed by atoms with Crippen LogP contribution in [0.1, 0.15) is 24.5 Å². The third kappa shape index (κ3) is 6.85. The number of halogens is 1. The van der Waals surface area contributed by atoms with Gasteiger partial charge in [0.05, 0.1) is 19.1 Å². The highest BCUT2D eigenvalue weighted by molar-refractivity contribution is 7.92. The van der Waals surface area contributed by atoms with Crippen LogP contribution < -0.4 is 14.4 Å². The van der Waals surface area contributed by atoms with Gasteiger partial charge in [-0.1, -0.05) is 36.7 Å². The number of likely N-dealkylation sites (N-methyl/N-ethyl adjacent to an activating group) is 1. The second-order valence-electron chi connectivity index (χ2n) is 7.61. The molecule has 0 spiro atoms. The number of benzene rings is 2. The van der Waals surface area contributed by atoms with Crippen molar-refractivity contribution in [2.75, 3.05) is 31.3 Å². The average molecular weight is 496 g/mol. The molecule has 0 radical (unpaired) electrons. The highest BCUT2D eigenvalue weighted by atomic mass is 35.5. The Kier molecular flexibility index (Phi) is 9.13. The van der Waals surface area contributed by atoms with Crippen LogP contribution in [0.5, 0.6) is 5.75 Å². The molecule has 2 rings (SSSR count). The molecule has 1 atom stereocenters. The van der Waals surface area contributed by atoms with Gasteiger partial charge in [-0.2, -0.15) is 0 Å². The Labute approximate surface area is 200 Å². The molecule has 0 heterocycles. The van der Waals surface area contributed by atoms with Crippen LogP contribution in [0.4, 0.5) is 5.69 Å². The zero-order chi connectivity index (χ0) is 24.8. The number of sulfonamides is 1. The normalized spacial score (nSPS) is 12.1. The first kappa shape index (κ1) is 26.5. The number of carbonyl (C=O) groups is 2. The number of hydrogen-bond acceptors (Lipinski definition) is 5. The minimum atomic E-state index is -3.81. The number of nitrogens with one attached hydrogen (secondary N) is 1. The van der Waals surface area contributed by atoms with Crippen molar-refractivity contribution >= 4 is 39.1 Å². The van der Waals surface area contributed by atoms with Crippen LogP contribution in [0.3, 0.4) is 0 Å². The van der Waals surface area contributed by atoms with Crippen LogP contribution in [0.25, 0.3) is 0 Å². The molecule has 0 saturated carbocycles. The second-order valence-corrected chi connectivity index (χ2v) is 9.93. The first-order chi connectivity index (χ1) is 15.5. The van der Waals surface area contributed by atoms with E-state index in [0.29, 0.717) is 17.2 Å². The number of anilines is 1. The number of rotatable bonds is 10. The molecule has 2 aromatic carbocycles. The number of aryl methyl sites for hydroxylation is 1. The first-order valence-corrected chi connectivity index (χ1v) is 12.6. The predicted octanol–water partition coefficient (Wildman–Crippen LogP) is 2.98. The summed E-state index contributed by atoms with van der Waals surface area (Å²) in [7, 11) is -0.752. The third-order valence-electron chi connectivity index (χ3n) is 5.27. The van der Waals surface area contributed by atoms with E-state index in [-0.39, 0.29) is 18.1 Å². The highest BCUT2D eigenvalue weighted by Crippen LogP contribution is 2.25. The lowest BCUT2D eigenvalue weighted by molar-refractivity contribution is -0.140. The highest BCUT2D eigenvalue weighted by Gasteiger charge is 2.31. The topological polar surface area (TPSA) is 96.0 Å². The fourth-order valence-electron chi connectivity index (χ4n) is 3.36. The van der Waals surface area contributed by atoms with Crippen molar-refractivity contribution in [1.82, 2.24) is 10.2 Å². The smallest absolute Gasteiger partial charge is 0.244 e. The van der Waals surface area contributed by atoms with Crippen molar-refractivity contribution in [2.24, 2.45) is 0 Å². The molecule has 0 bridgehead atoms. The molecule has 0 aliphatic carbocycles. The second kappa shape index (κ2) is 11.4. The molecule has 10 heteroatoms. The summed E-state index contributed by atoms with van der Waals surface area (Å²) in [6, 6.07) is 11.1. The molecule has 0 aromatic heterocycles. The Morgan fingerprint density at radius 1 is 1.15 bits per heavy atom. The van der Waals surface area contributed by atoms with Crippen molar-refractivity contribution < 1.29 is 22.7 Å². The number of carbonyl (C=O) groups excluding carboxylic acids is 2. The van der Waals surface area contributed by atoms with Crippen molar-refractivity contribution in [1.29, 1.82) is 0 Å². The summed E-state index contributed by atoms with van der Waals surface area (Å²) in [6.07, 6.45) is 1.38. The fourth-order valence-corrected chi connectivity index (χ4v) is 4.38. The van der Waals surface area contributed by atoms with Crippen LogP contribution >= 0.6 is 11.6 Å². The number of hydrogen-bond donors (Lipinski definition) is 1. The minimum absolute atomic E-state index is 0.126. The SMILES string of the molecule is CC[C@@H](C(=O)NC)N(Cc1ccc(OC)cc1)C(=O)CN(c1ccc(C)c(Cl)c1)S(C)(=O)=O. The maximum atomic E-state index is 13.5. The first-order valence-electron chi connectivity index (χ1n) is 10.4. The summed E-state index contributed by atoms with van der Waals surface area (Å²) in [5.41, 5.74) is 1.83. The van der Waals surface area contributed by atoms with E-state index in [2.05, 4.69) is 5.32 Å². The van der Waals surface area contributed by atoms with Crippen LogP contribution in [0.2, 0.25) is 5.02 Å². The van der Waals surface area contributed by atoms with E-state index in [4.69, 9.17) is 16.3 Å². The number of methoxy groups -OCH3 is 1. The Morgan fingerprint density at radius 3 is 2.27 bits per heavy atom. The van der Waals surface area contributed by atoms with Crippen LogP contribution in [0.15, 0.2) is 42.5 Å². The van der Waals surface area contributed by atoms with Crippen LogP contribution in [-0.4, -0.2) is 58.1 Å². The third-order valence-corrected chi connectivity index (χ3v) is 6.81. The Balaban J connectivity index is 2.43. The van der Waals surface area contributed by atoms with E-state index in [1.807, 2.05) is 0 Å². The molecular formula is C23H30ClN3O5S. The van der Waals surface area contributed by atoms with Gasteiger partial charge in [0, 0.05) is 18.6 Å². The van der Waals surface area contributed by atoms with Gasteiger partial charge in [0.1, 0.15) is 18.3 Å². The predicted molar refractivity (Wildman–Crippen MR) is 130 cm³/mol. The zero-order valence-electron chi connectivity index (χ0n) is 19.5. The summed E-state index contributed by atoms with van der Waals surface area (Å²) in [5, 5.41) is 2.97.